The minimum absolute atomic E-state index is 0.149. The van der Waals surface area contributed by atoms with Gasteiger partial charge in [0.25, 0.3) is 0 Å². The van der Waals surface area contributed by atoms with Crippen molar-refractivity contribution >= 4 is 17.5 Å². The summed E-state index contributed by atoms with van der Waals surface area (Å²) in [7, 11) is 1.61. The number of aliphatic hydroxyl groups is 1. The van der Waals surface area contributed by atoms with Crippen molar-refractivity contribution in [2.24, 2.45) is 0 Å². The summed E-state index contributed by atoms with van der Waals surface area (Å²) in [6, 6.07) is 12.6. The average Bonchev–Trinajstić information content (AvgIpc) is 2.55. The van der Waals surface area contributed by atoms with E-state index >= 15 is 0 Å². The van der Waals surface area contributed by atoms with E-state index in [4.69, 9.17) is 16.3 Å². The van der Waals surface area contributed by atoms with E-state index in [-0.39, 0.29) is 18.9 Å². The molecule has 5 heteroatoms. The second kappa shape index (κ2) is 7.99. The Morgan fingerprint density at radius 3 is 2.61 bits per heavy atom. The maximum Gasteiger partial charge on any atom is 0.224 e. The molecule has 0 aliphatic rings. The Hall–Kier alpha value is -2.04. The lowest BCUT2D eigenvalue weighted by molar-refractivity contribution is -0.120. The smallest absolute Gasteiger partial charge is 0.224 e. The molecule has 1 amide bonds. The Bertz CT molecular complexity index is 670. The van der Waals surface area contributed by atoms with Gasteiger partial charge in [0, 0.05) is 11.6 Å². The van der Waals surface area contributed by atoms with Crippen LogP contribution in [0.3, 0.4) is 0 Å². The third-order valence-electron chi connectivity index (χ3n) is 3.58. The van der Waals surface area contributed by atoms with Crippen molar-refractivity contribution in [1.82, 2.24) is 5.32 Å². The Morgan fingerprint density at radius 2 is 1.96 bits per heavy atom. The number of amides is 1. The van der Waals surface area contributed by atoms with E-state index in [9.17, 15) is 9.90 Å². The van der Waals surface area contributed by atoms with Gasteiger partial charge in [0.05, 0.1) is 19.6 Å². The predicted molar refractivity (Wildman–Crippen MR) is 90.9 cm³/mol. The van der Waals surface area contributed by atoms with Gasteiger partial charge in [0.1, 0.15) is 5.75 Å². The highest BCUT2D eigenvalue weighted by molar-refractivity contribution is 6.30. The fourth-order valence-corrected chi connectivity index (χ4v) is 2.36. The molecule has 0 heterocycles. The zero-order valence-electron chi connectivity index (χ0n) is 13.2. The molecule has 1 atom stereocenters. The topological polar surface area (TPSA) is 58.6 Å². The second-order valence-corrected chi connectivity index (χ2v) is 5.79. The first-order valence-corrected chi connectivity index (χ1v) is 7.71. The molecular formula is C18H20ClNO3. The summed E-state index contributed by atoms with van der Waals surface area (Å²) in [6.07, 6.45) is -0.520. The van der Waals surface area contributed by atoms with Gasteiger partial charge in [-0.3, -0.25) is 4.79 Å². The van der Waals surface area contributed by atoms with Crippen LogP contribution in [0.4, 0.5) is 0 Å². The van der Waals surface area contributed by atoms with E-state index in [1.807, 2.05) is 25.1 Å². The number of carbonyl (C=O) groups is 1. The van der Waals surface area contributed by atoms with Crippen molar-refractivity contribution < 1.29 is 14.6 Å². The molecule has 2 aromatic rings. The van der Waals surface area contributed by atoms with Gasteiger partial charge in [0.2, 0.25) is 5.91 Å². The lowest BCUT2D eigenvalue weighted by Crippen LogP contribution is -2.29. The van der Waals surface area contributed by atoms with E-state index in [1.54, 1.807) is 31.4 Å². The number of ether oxygens (including phenoxy) is 1. The van der Waals surface area contributed by atoms with Crippen molar-refractivity contribution in [2.45, 2.75) is 19.4 Å². The molecule has 0 saturated carbocycles. The summed E-state index contributed by atoms with van der Waals surface area (Å²) in [5, 5.41) is 13.4. The Balaban J connectivity index is 1.88. The molecule has 0 aliphatic carbocycles. The Labute approximate surface area is 141 Å². The minimum atomic E-state index is -0.760. The number of nitrogens with one attached hydrogen (secondary N) is 1. The van der Waals surface area contributed by atoms with Gasteiger partial charge in [0.15, 0.2) is 0 Å². The summed E-state index contributed by atoms with van der Waals surface area (Å²) in [6.45, 7) is 2.11. The zero-order valence-corrected chi connectivity index (χ0v) is 13.9. The van der Waals surface area contributed by atoms with Crippen LogP contribution in [0.25, 0.3) is 0 Å². The number of aryl methyl sites for hydroxylation is 1. The van der Waals surface area contributed by atoms with Crippen molar-refractivity contribution in [3.63, 3.8) is 0 Å². The quantitative estimate of drug-likeness (QED) is 0.854. The van der Waals surface area contributed by atoms with E-state index in [0.29, 0.717) is 10.6 Å². The van der Waals surface area contributed by atoms with E-state index in [2.05, 4.69) is 5.32 Å². The lowest BCUT2D eigenvalue weighted by Gasteiger charge is -2.13. The molecule has 0 saturated heterocycles. The maximum absolute atomic E-state index is 12.0. The van der Waals surface area contributed by atoms with Gasteiger partial charge in [-0.05, 0) is 41.8 Å². The Morgan fingerprint density at radius 1 is 1.26 bits per heavy atom. The number of halogens is 1. The molecular weight excluding hydrogens is 314 g/mol. The normalized spacial score (nSPS) is 11.8. The molecule has 0 aromatic heterocycles. The molecule has 4 nitrogen and oxygen atoms in total. The van der Waals surface area contributed by atoms with Gasteiger partial charge in [-0.2, -0.15) is 0 Å². The average molecular weight is 334 g/mol. The molecule has 1 unspecified atom stereocenters. The van der Waals surface area contributed by atoms with Crippen LogP contribution in [0.5, 0.6) is 5.75 Å². The molecule has 0 radical (unpaired) electrons. The molecule has 23 heavy (non-hydrogen) atoms. The summed E-state index contributed by atoms with van der Waals surface area (Å²) in [4.78, 5) is 12.0. The fraction of sp³-hybridized carbons (Fsp3) is 0.278. The molecule has 2 N–H and O–H groups in total. The number of aliphatic hydroxyl groups excluding tert-OH is 1. The summed E-state index contributed by atoms with van der Waals surface area (Å²) in [5.41, 5.74) is 2.60. The van der Waals surface area contributed by atoms with Crippen LogP contribution < -0.4 is 10.1 Å². The molecule has 2 aromatic carbocycles. The predicted octanol–water partition coefficient (Wildman–Crippen LogP) is 3.05. The highest BCUT2D eigenvalue weighted by atomic mass is 35.5. The van der Waals surface area contributed by atoms with E-state index < -0.39 is 6.10 Å². The lowest BCUT2D eigenvalue weighted by atomic mass is 10.1. The van der Waals surface area contributed by atoms with E-state index in [1.165, 1.54) is 0 Å². The van der Waals surface area contributed by atoms with Gasteiger partial charge in [-0.1, -0.05) is 35.9 Å². The van der Waals surface area contributed by atoms with Crippen molar-refractivity contribution in [3.8, 4) is 5.75 Å². The van der Waals surface area contributed by atoms with Crippen molar-refractivity contribution in [2.75, 3.05) is 13.7 Å². The monoisotopic (exact) mass is 333 g/mol. The van der Waals surface area contributed by atoms with Gasteiger partial charge in [-0.25, -0.2) is 0 Å². The van der Waals surface area contributed by atoms with Crippen molar-refractivity contribution in [3.05, 3.63) is 64.2 Å². The van der Waals surface area contributed by atoms with Crippen LogP contribution in [-0.2, 0) is 11.2 Å². The molecule has 0 fully saturated rings. The van der Waals surface area contributed by atoms with Crippen molar-refractivity contribution in [1.29, 1.82) is 0 Å². The number of benzene rings is 2. The molecule has 0 spiro atoms. The maximum atomic E-state index is 12.0. The second-order valence-electron chi connectivity index (χ2n) is 5.35. The number of hydrogen-bond acceptors (Lipinski definition) is 3. The van der Waals surface area contributed by atoms with Crippen LogP contribution >= 0.6 is 11.6 Å². The summed E-state index contributed by atoms with van der Waals surface area (Å²) >= 11 is 5.81. The molecule has 122 valence electrons. The summed E-state index contributed by atoms with van der Waals surface area (Å²) in [5.74, 6) is 0.611. The number of methoxy groups -OCH3 is 1. The van der Waals surface area contributed by atoms with Crippen LogP contribution in [0.15, 0.2) is 42.5 Å². The first-order valence-electron chi connectivity index (χ1n) is 7.33. The third kappa shape index (κ3) is 4.98. The molecule has 0 bridgehead atoms. The van der Waals surface area contributed by atoms with E-state index in [0.717, 1.165) is 16.9 Å². The van der Waals surface area contributed by atoms with Crippen LogP contribution in [-0.4, -0.2) is 24.7 Å². The Kier molecular flexibility index (Phi) is 6.02. The highest BCUT2D eigenvalue weighted by Crippen LogP contribution is 2.19. The molecule has 0 aliphatic heterocycles. The number of hydrogen-bond donors (Lipinski definition) is 2. The van der Waals surface area contributed by atoms with Crippen LogP contribution in [0, 0.1) is 6.92 Å². The first kappa shape index (κ1) is 17.3. The first-order chi connectivity index (χ1) is 11.0. The number of carbonyl (C=O) groups excluding carboxylic acids is 1. The highest BCUT2D eigenvalue weighted by Gasteiger charge is 2.11. The standard InChI is InChI=1S/C18H20ClNO3/c1-12-3-4-13(9-17(12)23-2)10-18(22)20-11-16(21)14-5-7-15(19)8-6-14/h3-9,16,21H,10-11H2,1-2H3,(H,20,22). The number of rotatable bonds is 6. The van der Waals surface area contributed by atoms with Gasteiger partial charge in [-0.15, -0.1) is 0 Å². The SMILES string of the molecule is COc1cc(CC(=O)NCC(O)c2ccc(Cl)cc2)ccc1C. The minimum Gasteiger partial charge on any atom is -0.496 e. The third-order valence-corrected chi connectivity index (χ3v) is 3.84. The summed E-state index contributed by atoms with van der Waals surface area (Å²) < 4.78 is 5.25. The van der Waals surface area contributed by atoms with Gasteiger partial charge >= 0.3 is 0 Å². The largest absolute Gasteiger partial charge is 0.496 e. The van der Waals surface area contributed by atoms with Gasteiger partial charge < -0.3 is 15.2 Å². The van der Waals surface area contributed by atoms with Crippen LogP contribution in [0.2, 0.25) is 5.02 Å². The van der Waals surface area contributed by atoms with Crippen LogP contribution in [0.1, 0.15) is 22.8 Å². The fourth-order valence-electron chi connectivity index (χ4n) is 2.24. The zero-order chi connectivity index (χ0) is 16.8. The molecule has 2 rings (SSSR count).